The Labute approximate surface area is 155 Å². The van der Waals surface area contributed by atoms with Crippen LogP contribution in [0.5, 0.6) is 0 Å². The Morgan fingerprint density at radius 2 is 2.12 bits per heavy atom. The van der Waals surface area contributed by atoms with Crippen molar-refractivity contribution in [1.29, 1.82) is 0 Å². The van der Waals surface area contributed by atoms with Crippen molar-refractivity contribution in [2.24, 2.45) is 0 Å². The first kappa shape index (κ1) is 17.8. The average molecular weight is 391 g/mol. The summed E-state index contributed by atoms with van der Waals surface area (Å²) in [5.41, 5.74) is 0.505. The van der Waals surface area contributed by atoms with Crippen LogP contribution < -0.4 is 10.7 Å². The van der Waals surface area contributed by atoms with E-state index in [1.54, 1.807) is 36.3 Å². The summed E-state index contributed by atoms with van der Waals surface area (Å²) >= 11 is 3.02. The van der Waals surface area contributed by atoms with Gasteiger partial charge in [-0.1, -0.05) is 31.0 Å². The van der Waals surface area contributed by atoms with Crippen LogP contribution in [-0.2, 0) is 5.75 Å². The molecule has 130 valence electrons. The number of carbonyl (C=O) groups excluding carboxylic acids is 1. The number of hydrogen-bond donors (Lipinski definition) is 1. The maximum absolute atomic E-state index is 12.1. The van der Waals surface area contributed by atoms with Crippen molar-refractivity contribution in [2.45, 2.75) is 29.6 Å². The van der Waals surface area contributed by atoms with Gasteiger partial charge in [-0.05, 0) is 12.1 Å². The maximum Gasteiger partial charge on any atom is 0.259 e. The number of amides is 1. The first-order valence-electron chi connectivity index (χ1n) is 7.67. The van der Waals surface area contributed by atoms with Crippen molar-refractivity contribution >= 4 is 47.6 Å². The topological polar surface area (TPSA) is 80.9 Å². The van der Waals surface area contributed by atoms with Gasteiger partial charge in [0.15, 0.2) is 5.13 Å². The normalized spacial score (nSPS) is 11.5. The molecule has 0 spiro atoms. The number of nitrogens with zero attached hydrogens (tertiary/aromatic N) is 3. The number of thiazole rings is 1. The molecule has 0 aliphatic rings. The van der Waals surface area contributed by atoms with E-state index in [-0.39, 0.29) is 5.91 Å². The van der Waals surface area contributed by atoms with E-state index in [1.807, 2.05) is 6.20 Å². The van der Waals surface area contributed by atoms with Crippen molar-refractivity contribution < 1.29 is 9.21 Å². The van der Waals surface area contributed by atoms with Crippen molar-refractivity contribution in [3.8, 4) is 0 Å². The molecule has 3 aromatic rings. The summed E-state index contributed by atoms with van der Waals surface area (Å²) in [6.07, 6.45) is 6.74. The van der Waals surface area contributed by atoms with Crippen LogP contribution in [0, 0.1) is 0 Å². The molecule has 3 aromatic heterocycles. The lowest BCUT2D eigenvalue weighted by atomic mass is 10.3. The van der Waals surface area contributed by atoms with E-state index in [4.69, 9.17) is 4.42 Å². The molecular formula is C16H18N4O2S2Si. The number of carbonyl (C=O) groups is 1. The highest BCUT2D eigenvalue weighted by Gasteiger charge is 2.22. The van der Waals surface area contributed by atoms with E-state index < -0.39 is 8.07 Å². The highest BCUT2D eigenvalue weighted by atomic mass is 32.2. The number of hydrogen-bond acceptors (Lipinski definition) is 7. The molecule has 0 aromatic carbocycles. The molecule has 0 fully saturated rings. The lowest BCUT2D eigenvalue weighted by molar-refractivity contribution is 0.102. The molecular weight excluding hydrogens is 372 g/mol. The summed E-state index contributed by atoms with van der Waals surface area (Å²) in [5, 5.41) is 4.35. The number of thioether (sulfide) groups is 1. The van der Waals surface area contributed by atoms with Gasteiger partial charge in [-0.2, -0.15) is 0 Å². The molecule has 0 atom stereocenters. The third-order valence-electron chi connectivity index (χ3n) is 3.26. The Morgan fingerprint density at radius 1 is 1.28 bits per heavy atom. The van der Waals surface area contributed by atoms with Gasteiger partial charge in [0.1, 0.15) is 13.5 Å². The number of rotatable bonds is 6. The maximum atomic E-state index is 12.1. The van der Waals surface area contributed by atoms with E-state index in [1.165, 1.54) is 17.5 Å². The smallest absolute Gasteiger partial charge is 0.259 e. The van der Waals surface area contributed by atoms with Crippen LogP contribution in [0.1, 0.15) is 16.2 Å². The minimum atomic E-state index is -1.47. The van der Waals surface area contributed by atoms with Gasteiger partial charge in [0.05, 0.1) is 27.9 Å². The molecule has 0 aliphatic carbocycles. The number of aromatic nitrogens is 3. The molecule has 0 radical (unpaired) electrons. The molecule has 0 bridgehead atoms. The summed E-state index contributed by atoms with van der Waals surface area (Å²) in [6.45, 7) is 6.68. The predicted octanol–water partition coefficient (Wildman–Crippen LogP) is 3.62. The standard InChI is InChI=1S/C16H18N4O2S2Si/c1-25(2,3)13-8-18-12(22-13)10-23-14-9-19-16(24-14)20-15(21)11-5-4-6-17-7-11/h4-9H,10H2,1-3H3,(H,19,20,21). The molecule has 0 aliphatic heterocycles. The zero-order valence-corrected chi connectivity index (χ0v) is 16.8. The summed E-state index contributed by atoms with van der Waals surface area (Å²) in [4.78, 5) is 24.6. The fourth-order valence-electron chi connectivity index (χ4n) is 1.91. The van der Waals surface area contributed by atoms with Gasteiger partial charge < -0.3 is 4.42 Å². The Kier molecular flexibility index (Phi) is 5.35. The van der Waals surface area contributed by atoms with Gasteiger partial charge in [0, 0.05) is 12.4 Å². The highest BCUT2D eigenvalue weighted by molar-refractivity contribution is 8.00. The van der Waals surface area contributed by atoms with E-state index in [9.17, 15) is 4.79 Å². The average Bonchev–Trinajstić information content (AvgIpc) is 3.22. The van der Waals surface area contributed by atoms with Crippen molar-refractivity contribution in [2.75, 3.05) is 5.32 Å². The quantitative estimate of drug-likeness (QED) is 0.511. The second kappa shape index (κ2) is 7.50. The zero-order valence-electron chi connectivity index (χ0n) is 14.1. The predicted molar refractivity (Wildman–Crippen MR) is 103 cm³/mol. The number of oxazole rings is 1. The van der Waals surface area contributed by atoms with Crippen LogP contribution in [0.15, 0.2) is 45.5 Å². The molecule has 3 rings (SSSR count). The fraction of sp³-hybridized carbons (Fsp3) is 0.250. The van der Waals surface area contributed by atoms with E-state index in [2.05, 4.69) is 39.9 Å². The summed E-state index contributed by atoms with van der Waals surface area (Å²) in [5.74, 6) is 1.14. The number of anilines is 1. The monoisotopic (exact) mass is 390 g/mol. The number of nitrogens with one attached hydrogen (secondary N) is 1. The molecule has 9 heteroatoms. The molecule has 1 amide bonds. The van der Waals surface area contributed by atoms with Crippen LogP contribution in [0.25, 0.3) is 0 Å². The van der Waals surface area contributed by atoms with Crippen LogP contribution in [-0.4, -0.2) is 28.9 Å². The molecule has 3 heterocycles. The van der Waals surface area contributed by atoms with Crippen molar-refractivity contribution in [1.82, 2.24) is 15.0 Å². The van der Waals surface area contributed by atoms with Gasteiger partial charge in [-0.25, -0.2) is 9.97 Å². The van der Waals surface area contributed by atoms with Crippen LogP contribution >= 0.6 is 23.1 Å². The van der Waals surface area contributed by atoms with Crippen LogP contribution in [0.4, 0.5) is 5.13 Å². The highest BCUT2D eigenvalue weighted by Crippen LogP contribution is 2.30. The van der Waals surface area contributed by atoms with Crippen LogP contribution in [0.2, 0.25) is 19.6 Å². The minimum absolute atomic E-state index is 0.216. The Bertz CT molecular complexity index is 858. The van der Waals surface area contributed by atoms with E-state index >= 15 is 0 Å². The van der Waals surface area contributed by atoms with Gasteiger partial charge in [-0.3, -0.25) is 15.1 Å². The summed E-state index contributed by atoms with van der Waals surface area (Å²) in [7, 11) is -1.47. The lowest BCUT2D eigenvalue weighted by Crippen LogP contribution is -2.36. The third kappa shape index (κ3) is 4.77. The lowest BCUT2D eigenvalue weighted by Gasteiger charge is -2.09. The Balaban J connectivity index is 1.57. The molecule has 0 saturated carbocycles. The molecule has 6 nitrogen and oxygen atoms in total. The summed E-state index contributed by atoms with van der Waals surface area (Å²) in [6, 6.07) is 3.44. The Morgan fingerprint density at radius 3 is 2.80 bits per heavy atom. The number of pyridine rings is 1. The third-order valence-corrected chi connectivity index (χ3v) is 7.06. The SMILES string of the molecule is C[Si](C)(C)c1cnc(CSc2cnc(NC(=O)c3cccnc3)s2)o1. The van der Waals surface area contributed by atoms with Crippen molar-refractivity contribution in [3.05, 3.63) is 48.4 Å². The van der Waals surface area contributed by atoms with Crippen molar-refractivity contribution in [3.63, 3.8) is 0 Å². The summed E-state index contributed by atoms with van der Waals surface area (Å²) < 4.78 is 6.83. The molecule has 25 heavy (non-hydrogen) atoms. The van der Waals surface area contributed by atoms with Crippen LogP contribution in [0.3, 0.4) is 0 Å². The second-order valence-corrected chi connectivity index (χ2v) is 13.6. The largest absolute Gasteiger partial charge is 0.450 e. The molecule has 0 unspecified atom stereocenters. The second-order valence-electron chi connectivity index (χ2n) is 6.34. The van der Waals surface area contributed by atoms with E-state index in [0.29, 0.717) is 16.4 Å². The van der Waals surface area contributed by atoms with Gasteiger partial charge in [-0.15, -0.1) is 11.8 Å². The Hall–Kier alpha value is -1.97. The van der Waals surface area contributed by atoms with Gasteiger partial charge >= 0.3 is 0 Å². The minimum Gasteiger partial charge on any atom is -0.450 e. The first-order chi connectivity index (χ1) is 11.9. The van der Waals surface area contributed by atoms with Gasteiger partial charge in [0.2, 0.25) is 5.89 Å². The first-order valence-corrected chi connectivity index (χ1v) is 13.0. The fourth-order valence-corrected chi connectivity index (χ4v) is 4.50. The zero-order chi connectivity index (χ0) is 17.9. The molecule has 0 saturated heterocycles. The van der Waals surface area contributed by atoms with Gasteiger partial charge in [0.25, 0.3) is 5.91 Å². The van der Waals surface area contributed by atoms with E-state index in [0.717, 1.165) is 15.5 Å². The molecule has 1 N–H and O–H groups in total.